The van der Waals surface area contributed by atoms with E-state index in [2.05, 4.69) is 67.3 Å². The van der Waals surface area contributed by atoms with Crippen molar-refractivity contribution in [3.05, 3.63) is 29.8 Å². The van der Waals surface area contributed by atoms with E-state index in [4.69, 9.17) is 0 Å². The maximum absolute atomic E-state index is 3.74. The van der Waals surface area contributed by atoms with Crippen LogP contribution in [0.5, 0.6) is 0 Å². The fourth-order valence-corrected chi connectivity index (χ4v) is 3.17. The van der Waals surface area contributed by atoms with E-state index < -0.39 is 0 Å². The molecule has 0 radical (unpaired) electrons. The first kappa shape index (κ1) is 16.3. The Balaban J connectivity index is 1.83. The number of hydrogen-bond donors (Lipinski definition) is 1. The molecule has 0 amide bonds. The predicted molar refractivity (Wildman–Crippen MR) is 92.1 cm³/mol. The standard InChI is InChI=1S/C18H31N3/c1-15(14-21-12-6-5-7-13-21)19-16(2)17-8-10-18(11-9-17)20(3)4/h8-11,15-16,19H,5-7,12-14H2,1-4H3. The first-order chi connectivity index (χ1) is 10.1. The van der Waals surface area contributed by atoms with Crippen LogP contribution in [0.1, 0.15) is 44.7 Å². The quantitative estimate of drug-likeness (QED) is 0.867. The van der Waals surface area contributed by atoms with Gasteiger partial charge in [-0.1, -0.05) is 18.6 Å². The summed E-state index contributed by atoms with van der Waals surface area (Å²) in [7, 11) is 4.16. The van der Waals surface area contributed by atoms with Crippen molar-refractivity contribution in [2.75, 3.05) is 38.6 Å². The van der Waals surface area contributed by atoms with Crippen molar-refractivity contribution < 1.29 is 0 Å². The van der Waals surface area contributed by atoms with Crippen LogP contribution >= 0.6 is 0 Å². The maximum Gasteiger partial charge on any atom is 0.0361 e. The van der Waals surface area contributed by atoms with Gasteiger partial charge >= 0.3 is 0 Å². The van der Waals surface area contributed by atoms with Crippen molar-refractivity contribution in [1.29, 1.82) is 0 Å². The topological polar surface area (TPSA) is 18.5 Å². The SMILES string of the molecule is CC(CN1CCCCC1)NC(C)c1ccc(N(C)C)cc1. The molecule has 3 nitrogen and oxygen atoms in total. The summed E-state index contributed by atoms with van der Waals surface area (Å²) in [5.41, 5.74) is 2.62. The fraction of sp³-hybridized carbons (Fsp3) is 0.667. The molecule has 1 N–H and O–H groups in total. The summed E-state index contributed by atoms with van der Waals surface area (Å²) in [6.45, 7) is 8.28. The first-order valence-electron chi connectivity index (χ1n) is 8.32. The minimum Gasteiger partial charge on any atom is -0.378 e. The number of piperidine rings is 1. The largest absolute Gasteiger partial charge is 0.378 e. The predicted octanol–water partition coefficient (Wildman–Crippen LogP) is 3.28. The highest BCUT2D eigenvalue weighted by Gasteiger charge is 2.15. The summed E-state index contributed by atoms with van der Waals surface area (Å²) in [6, 6.07) is 9.81. The van der Waals surface area contributed by atoms with Crippen LogP contribution in [0.2, 0.25) is 0 Å². The Morgan fingerprint density at radius 3 is 2.24 bits per heavy atom. The van der Waals surface area contributed by atoms with Gasteiger partial charge in [-0.15, -0.1) is 0 Å². The highest BCUT2D eigenvalue weighted by Crippen LogP contribution is 2.18. The van der Waals surface area contributed by atoms with E-state index in [0.717, 1.165) is 0 Å². The summed E-state index contributed by atoms with van der Waals surface area (Å²) >= 11 is 0. The van der Waals surface area contributed by atoms with Crippen LogP contribution in [0, 0.1) is 0 Å². The zero-order valence-corrected chi connectivity index (χ0v) is 14.1. The molecule has 0 aromatic heterocycles. The van der Waals surface area contributed by atoms with Gasteiger partial charge in [0.1, 0.15) is 0 Å². The first-order valence-corrected chi connectivity index (χ1v) is 8.32. The number of hydrogen-bond acceptors (Lipinski definition) is 3. The number of nitrogens with zero attached hydrogens (tertiary/aromatic N) is 2. The third-order valence-corrected chi connectivity index (χ3v) is 4.42. The Morgan fingerprint density at radius 2 is 1.67 bits per heavy atom. The highest BCUT2D eigenvalue weighted by molar-refractivity contribution is 5.46. The van der Waals surface area contributed by atoms with Gasteiger partial charge in [-0.05, 0) is 57.5 Å². The van der Waals surface area contributed by atoms with Crippen LogP contribution in [-0.2, 0) is 0 Å². The van der Waals surface area contributed by atoms with Gasteiger partial charge in [0.15, 0.2) is 0 Å². The van der Waals surface area contributed by atoms with Crippen LogP contribution < -0.4 is 10.2 Å². The molecular formula is C18H31N3. The molecule has 21 heavy (non-hydrogen) atoms. The van der Waals surface area contributed by atoms with Gasteiger partial charge in [0.25, 0.3) is 0 Å². The van der Waals surface area contributed by atoms with Crippen LogP contribution in [-0.4, -0.2) is 44.7 Å². The second kappa shape index (κ2) is 7.81. The molecule has 0 saturated carbocycles. The van der Waals surface area contributed by atoms with E-state index in [1.807, 2.05) is 0 Å². The summed E-state index contributed by atoms with van der Waals surface area (Å²) < 4.78 is 0. The molecule has 1 heterocycles. The third-order valence-electron chi connectivity index (χ3n) is 4.42. The number of anilines is 1. The van der Waals surface area contributed by atoms with Gasteiger partial charge in [0.2, 0.25) is 0 Å². The van der Waals surface area contributed by atoms with Gasteiger partial charge in [-0.2, -0.15) is 0 Å². The van der Waals surface area contributed by atoms with Crippen molar-refractivity contribution in [2.45, 2.75) is 45.2 Å². The number of rotatable bonds is 6. The highest BCUT2D eigenvalue weighted by atomic mass is 15.2. The van der Waals surface area contributed by atoms with Crippen molar-refractivity contribution in [1.82, 2.24) is 10.2 Å². The molecule has 2 atom stereocenters. The molecule has 0 bridgehead atoms. The molecular weight excluding hydrogens is 258 g/mol. The van der Waals surface area contributed by atoms with Gasteiger partial charge in [0.05, 0.1) is 0 Å². The third kappa shape index (κ3) is 5.01. The number of nitrogens with one attached hydrogen (secondary N) is 1. The molecule has 118 valence electrons. The zero-order chi connectivity index (χ0) is 15.2. The van der Waals surface area contributed by atoms with Crippen LogP contribution in [0.3, 0.4) is 0 Å². The number of likely N-dealkylation sites (tertiary alicyclic amines) is 1. The van der Waals surface area contributed by atoms with E-state index in [0.29, 0.717) is 12.1 Å². The summed E-state index contributed by atoms with van der Waals surface area (Å²) in [5.74, 6) is 0. The maximum atomic E-state index is 3.74. The molecule has 0 aliphatic carbocycles. The van der Waals surface area contributed by atoms with E-state index in [9.17, 15) is 0 Å². The Bertz CT molecular complexity index is 407. The molecule has 1 fully saturated rings. The molecule has 0 spiro atoms. The second-order valence-corrected chi connectivity index (χ2v) is 6.64. The lowest BCUT2D eigenvalue weighted by molar-refractivity contribution is 0.205. The van der Waals surface area contributed by atoms with Crippen LogP contribution in [0.25, 0.3) is 0 Å². The van der Waals surface area contributed by atoms with Gasteiger partial charge in [0, 0.05) is 38.4 Å². The summed E-state index contributed by atoms with van der Waals surface area (Å²) in [6.07, 6.45) is 4.15. The van der Waals surface area contributed by atoms with Crippen molar-refractivity contribution in [3.8, 4) is 0 Å². The zero-order valence-electron chi connectivity index (χ0n) is 14.1. The Kier molecular flexibility index (Phi) is 6.07. The second-order valence-electron chi connectivity index (χ2n) is 6.64. The molecule has 1 aliphatic rings. The van der Waals surface area contributed by atoms with E-state index in [-0.39, 0.29) is 0 Å². The molecule has 2 unspecified atom stereocenters. The summed E-state index contributed by atoms with van der Waals surface area (Å²) in [5, 5.41) is 3.74. The van der Waals surface area contributed by atoms with E-state index in [1.165, 1.54) is 50.1 Å². The monoisotopic (exact) mass is 289 g/mol. The molecule has 1 aliphatic heterocycles. The van der Waals surface area contributed by atoms with Crippen molar-refractivity contribution in [3.63, 3.8) is 0 Å². The molecule has 1 aromatic carbocycles. The molecule has 1 aromatic rings. The lowest BCUT2D eigenvalue weighted by atomic mass is 10.1. The molecule has 2 rings (SSSR count). The Labute approximate surface area is 130 Å². The van der Waals surface area contributed by atoms with E-state index in [1.54, 1.807) is 0 Å². The van der Waals surface area contributed by atoms with Crippen LogP contribution in [0.15, 0.2) is 24.3 Å². The minimum atomic E-state index is 0.404. The fourth-order valence-electron chi connectivity index (χ4n) is 3.17. The Hall–Kier alpha value is -1.06. The summed E-state index contributed by atoms with van der Waals surface area (Å²) in [4.78, 5) is 4.74. The lowest BCUT2D eigenvalue weighted by Gasteiger charge is -2.30. The lowest BCUT2D eigenvalue weighted by Crippen LogP contribution is -2.42. The average molecular weight is 289 g/mol. The van der Waals surface area contributed by atoms with Crippen LogP contribution in [0.4, 0.5) is 5.69 Å². The Morgan fingerprint density at radius 1 is 1.05 bits per heavy atom. The van der Waals surface area contributed by atoms with Gasteiger partial charge < -0.3 is 15.1 Å². The molecule has 1 saturated heterocycles. The van der Waals surface area contributed by atoms with Gasteiger partial charge in [-0.3, -0.25) is 0 Å². The van der Waals surface area contributed by atoms with Crippen molar-refractivity contribution >= 4 is 5.69 Å². The number of benzene rings is 1. The van der Waals surface area contributed by atoms with E-state index >= 15 is 0 Å². The normalized spacial score (nSPS) is 19.2. The minimum absolute atomic E-state index is 0.404. The smallest absolute Gasteiger partial charge is 0.0361 e. The molecule has 3 heteroatoms. The average Bonchev–Trinajstić information content (AvgIpc) is 2.48. The van der Waals surface area contributed by atoms with Crippen molar-refractivity contribution in [2.24, 2.45) is 0 Å². The van der Waals surface area contributed by atoms with Gasteiger partial charge in [-0.25, -0.2) is 0 Å².